The Morgan fingerprint density at radius 3 is 3.04 bits per heavy atom. The molecular weight excluding hydrogens is 314 g/mol. The molecule has 0 radical (unpaired) electrons. The van der Waals surface area contributed by atoms with Crippen LogP contribution >= 0.6 is 11.3 Å². The third-order valence-corrected chi connectivity index (χ3v) is 4.50. The normalized spacial score (nSPS) is 12.4. The number of nitrogens with one attached hydrogen (secondary N) is 2. The van der Waals surface area contributed by atoms with Crippen LogP contribution in [0.1, 0.15) is 27.2 Å². The summed E-state index contributed by atoms with van der Waals surface area (Å²) in [6, 6.07) is 9.14. The zero-order valence-electron chi connectivity index (χ0n) is 12.6. The van der Waals surface area contributed by atoms with E-state index in [2.05, 4.69) is 15.3 Å². The lowest BCUT2D eigenvalue weighted by Crippen LogP contribution is -2.28. The van der Waals surface area contributed by atoms with E-state index in [-0.39, 0.29) is 18.6 Å². The van der Waals surface area contributed by atoms with Crippen LogP contribution in [0, 0.1) is 0 Å². The van der Waals surface area contributed by atoms with E-state index in [1.165, 1.54) is 0 Å². The number of fused-ring (bicyclic) bond motifs is 1. The molecule has 6 nitrogen and oxygen atoms in total. The Labute approximate surface area is 137 Å². The van der Waals surface area contributed by atoms with Gasteiger partial charge in [0.2, 0.25) is 0 Å². The minimum atomic E-state index is -0.175. The first kappa shape index (κ1) is 15.7. The molecule has 3 N–H and O–H groups in total. The predicted molar refractivity (Wildman–Crippen MR) is 88.4 cm³/mol. The van der Waals surface area contributed by atoms with Crippen molar-refractivity contribution >= 4 is 28.3 Å². The molecule has 1 atom stereocenters. The number of aromatic nitrogens is 2. The number of aliphatic hydroxyl groups excluding tert-OH is 1. The molecule has 7 heteroatoms. The van der Waals surface area contributed by atoms with Gasteiger partial charge in [0.15, 0.2) is 0 Å². The summed E-state index contributed by atoms with van der Waals surface area (Å²) in [5, 5.41) is 14.0. The zero-order valence-corrected chi connectivity index (χ0v) is 13.4. The molecule has 1 aromatic carbocycles. The van der Waals surface area contributed by atoms with Crippen molar-refractivity contribution < 1.29 is 14.6 Å². The lowest BCUT2D eigenvalue weighted by molar-refractivity contribution is 0.0838. The Hall–Kier alpha value is -2.22. The van der Waals surface area contributed by atoms with Gasteiger partial charge in [0.05, 0.1) is 11.0 Å². The van der Waals surface area contributed by atoms with Crippen molar-refractivity contribution in [1.82, 2.24) is 15.3 Å². The van der Waals surface area contributed by atoms with Crippen LogP contribution in [0.2, 0.25) is 0 Å². The van der Waals surface area contributed by atoms with Crippen LogP contribution in [0.4, 0.5) is 0 Å². The van der Waals surface area contributed by atoms with Gasteiger partial charge in [0, 0.05) is 24.1 Å². The number of aromatic amines is 1. The number of methoxy groups -OCH3 is 1. The topological polar surface area (TPSA) is 87.2 Å². The highest BCUT2D eigenvalue weighted by Gasteiger charge is 2.14. The number of carbonyl (C=O) groups is 1. The van der Waals surface area contributed by atoms with Crippen molar-refractivity contribution in [3.8, 4) is 0 Å². The number of H-pyrrole nitrogens is 1. The van der Waals surface area contributed by atoms with Gasteiger partial charge in [-0.1, -0.05) is 6.07 Å². The molecule has 0 aliphatic carbocycles. The number of hydrogen-bond acceptors (Lipinski definition) is 5. The lowest BCUT2D eigenvalue weighted by Gasteiger charge is -2.14. The summed E-state index contributed by atoms with van der Waals surface area (Å²) in [6.07, 6.45) is -0.157. The molecule has 2 aromatic heterocycles. The average molecular weight is 331 g/mol. The van der Waals surface area contributed by atoms with Crippen LogP contribution in [-0.2, 0) is 11.3 Å². The molecular formula is C16H17N3O3S. The fraction of sp³-hybridized carbons (Fsp3) is 0.250. The van der Waals surface area contributed by atoms with Crippen LogP contribution in [0.3, 0.4) is 0 Å². The molecule has 0 bridgehead atoms. The molecule has 3 rings (SSSR count). The Bertz CT molecular complexity index is 798. The van der Waals surface area contributed by atoms with Crippen molar-refractivity contribution in [2.45, 2.75) is 12.7 Å². The van der Waals surface area contributed by atoms with Crippen molar-refractivity contribution in [3.63, 3.8) is 0 Å². The van der Waals surface area contributed by atoms with E-state index in [0.717, 1.165) is 15.9 Å². The van der Waals surface area contributed by atoms with Gasteiger partial charge in [-0.25, -0.2) is 4.98 Å². The molecule has 0 fully saturated rings. The molecule has 1 amide bonds. The summed E-state index contributed by atoms with van der Waals surface area (Å²) < 4.78 is 5.42. The van der Waals surface area contributed by atoms with Crippen LogP contribution < -0.4 is 5.32 Å². The maximum absolute atomic E-state index is 12.3. The number of thiophene rings is 1. The van der Waals surface area contributed by atoms with E-state index in [0.29, 0.717) is 17.9 Å². The Morgan fingerprint density at radius 1 is 1.48 bits per heavy atom. The highest BCUT2D eigenvalue weighted by atomic mass is 32.1. The fourth-order valence-electron chi connectivity index (χ4n) is 2.34. The summed E-state index contributed by atoms with van der Waals surface area (Å²) in [4.78, 5) is 20.6. The SMILES string of the molecule is COC(CNC(=O)c1ccc2nc(CO)[nH]c2c1)c1cccs1. The molecule has 23 heavy (non-hydrogen) atoms. The Balaban J connectivity index is 1.70. The van der Waals surface area contributed by atoms with Gasteiger partial charge in [0.25, 0.3) is 5.91 Å². The maximum atomic E-state index is 12.3. The largest absolute Gasteiger partial charge is 0.388 e. The van der Waals surface area contributed by atoms with Gasteiger partial charge in [-0.05, 0) is 29.6 Å². The molecule has 0 aliphatic heterocycles. The molecule has 0 aliphatic rings. The van der Waals surface area contributed by atoms with Gasteiger partial charge in [-0.2, -0.15) is 0 Å². The van der Waals surface area contributed by atoms with Crippen LogP contribution in [0.25, 0.3) is 11.0 Å². The number of rotatable bonds is 6. The summed E-state index contributed by atoms with van der Waals surface area (Å²) >= 11 is 1.60. The molecule has 0 spiro atoms. The highest BCUT2D eigenvalue weighted by Crippen LogP contribution is 2.21. The van der Waals surface area contributed by atoms with Crippen molar-refractivity contribution in [2.24, 2.45) is 0 Å². The zero-order chi connectivity index (χ0) is 16.2. The minimum absolute atomic E-state index is 0.157. The van der Waals surface area contributed by atoms with Crippen molar-refractivity contribution in [2.75, 3.05) is 13.7 Å². The predicted octanol–water partition coefficient (Wildman–Crippen LogP) is 2.23. The number of carbonyl (C=O) groups excluding carboxylic acids is 1. The number of nitrogens with zero attached hydrogens (tertiary/aromatic N) is 1. The van der Waals surface area contributed by atoms with Gasteiger partial charge >= 0.3 is 0 Å². The van der Waals surface area contributed by atoms with Crippen LogP contribution in [-0.4, -0.2) is 34.6 Å². The number of benzene rings is 1. The summed E-state index contributed by atoms with van der Waals surface area (Å²) in [7, 11) is 1.63. The van der Waals surface area contributed by atoms with Crippen LogP contribution in [0.15, 0.2) is 35.7 Å². The van der Waals surface area contributed by atoms with Gasteiger partial charge in [-0.15, -0.1) is 11.3 Å². The first-order chi connectivity index (χ1) is 11.2. The summed E-state index contributed by atoms with van der Waals surface area (Å²) in [5.41, 5.74) is 1.98. The van der Waals surface area contributed by atoms with Crippen LogP contribution in [0.5, 0.6) is 0 Å². The number of hydrogen-bond donors (Lipinski definition) is 3. The standard InChI is InChI=1S/C16H17N3O3S/c1-22-13(14-3-2-6-23-14)8-17-16(21)10-4-5-11-12(7-10)19-15(9-20)18-11/h2-7,13,20H,8-9H2,1H3,(H,17,21)(H,18,19). The fourth-order valence-corrected chi connectivity index (χ4v) is 3.14. The molecule has 120 valence electrons. The summed E-state index contributed by atoms with van der Waals surface area (Å²) in [5.74, 6) is 0.306. The number of aliphatic hydroxyl groups is 1. The van der Waals surface area contributed by atoms with E-state index < -0.39 is 0 Å². The second kappa shape index (κ2) is 6.91. The Kier molecular flexibility index (Phi) is 4.71. The van der Waals surface area contributed by atoms with E-state index in [9.17, 15) is 4.79 Å². The molecule has 0 saturated heterocycles. The second-order valence-corrected chi connectivity index (χ2v) is 6.00. The van der Waals surface area contributed by atoms with Crippen molar-refractivity contribution in [3.05, 3.63) is 52.0 Å². The van der Waals surface area contributed by atoms with E-state index >= 15 is 0 Å². The Morgan fingerprint density at radius 2 is 2.35 bits per heavy atom. The monoisotopic (exact) mass is 331 g/mol. The van der Waals surface area contributed by atoms with Crippen molar-refractivity contribution in [1.29, 1.82) is 0 Å². The lowest BCUT2D eigenvalue weighted by atomic mass is 10.2. The second-order valence-electron chi connectivity index (χ2n) is 5.02. The third-order valence-electron chi connectivity index (χ3n) is 3.54. The number of ether oxygens (including phenoxy) is 1. The number of amides is 1. The van der Waals surface area contributed by atoms with Gasteiger partial charge < -0.3 is 20.1 Å². The molecule has 0 saturated carbocycles. The van der Waals surface area contributed by atoms with E-state index in [1.807, 2.05) is 17.5 Å². The van der Waals surface area contributed by atoms with E-state index in [4.69, 9.17) is 9.84 Å². The molecule has 1 unspecified atom stereocenters. The van der Waals surface area contributed by atoms with E-state index in [1.54, 1.807) is 36.6 Å². The third kappa shape index (κ3) is 3.42. The first-order valence-corrected chi connectivity index (χ1v) is 8.03. The van der Waals surface area contributed by atoms with Gasteiger partial charge in [-0.3, -0.25) is 4.79 Å². The smallest absolute Gasteiger partial charge is 0.251 e. The minimum Gasteiger partial charge on any atom is -0.388 e. The molecule has 2 heterocycles. The average Bonchev–Trinajstić information content (AvgIpc) is 3.23. The highest BCUT2D eigenvalue weighted by molar-refractivity contribution is 7.10. The van der Waals surface area contributed by atoms with Gasteiger partial charge in [0.1, 0.15) is 18.5 Å². The summed E-state index contributed by atoms with van der Waals surface area (Å²) in [6.45, 7) is 0.241. The maximum Gasteiger partial charge on any atom is 0.251 e. The molecule has 3 aromatic rings. The number of imidazole rings is 1. The quantitative estimate of drug-likeness (QED) is 0.646. The first-order valence-electron chi connectivity index (χ1n) is 7.15.